The van der Waals surface area contributed by atoms with Crippen molar-refractivity contribution in [3.05, 3.63) is 53.6 Å². The Morgan fingerprint density at radius 3 is 2.48 bits per heavy atom. The number of para-hydroxylation sites is 2. The Morgan fingerprint density at radius 1 is 1.07 bits per heavy atom. The second kappa shape index (κ2) is 9.21. The molecule has 1 aliphatic carbocycles. The third kappa shape index (κ3) is 5.66. The lowest BCUT2D eigenvalue weighted by atomic mass is 9.91. The SMILES string of the molecule is CNC(=O)OC(C)(C)C.c1ccc2c(c1)OCCN2c1ccc2c(c1)CCCC2. The zero-order valence-electron chi connectivity index (χ0n) is 18.0. The number of hydrogen-bond donors (Lipinski definition) is 1. The molecule has 1 amide bonds. The summed E-state index contributed by atoms with van der Waals surface area (Å²) in [7, 11) is 1.54. The van der Waals surface area contributed by atoms with E-state index in [1.807, 2.05) is 26.8 Å². The summed E-state index contributed by atoms with van der Waals surface area (Å²) in [5.74, 6) is 0.997. The van der Waals surface area contributed by atoms with Gasteiger partial charge in [0.1, 0.15) is 18.0 Å². The van der Waals surface area contributed by atoms with Crippen LogP contribution in [0.3, 0.4) is 0 Å². The number of amides is 1. The van der Waals surface area contributed by atoms with E-state index in [1.54, 1.807) is 5.56 Å². The molecule has 5 heteroatoms. The monoisotopic (exact) mass is 396 g/mol. The first-order chi connectivity index (χ1) is 13.9. The predicted molar refractivity (Wildman–Crippen MR) is 117 cm³/mol. The summed E-state index contributed by atoms with van der Waals surface area (Å²) in [6, 6.07) is 15.3. The van der Waals surface area contributed by atoms with E-state index < -0.39 is 0 Å². The van der Waals surface area contributed by atoms with Gasteiger partial charge in [-0.2, -0.15) is 0 Å². The molecule has 0 fully saturated rings. The maximum Gasteiger partial charge on any atom is 0.407 e. The van der Waals surface area contributed by atoms with E-state index in [1.165, 1.54) is 49.7 Å². The van der Waals surface area contributed by atoms with Crippen LogP contribution in [0.4, 0.5) is 16.2 Å². The van der Waals surface area contributed by atoms with Gasteiger partial charge in [-0.3, -0.25) is 0 Å². The lowest BCUT2D eigenvalue weighted by Gasteiger charge is -2.32. The van der Waals surface area contributed by atoms with Crippen molar-refractivity contribution in [2.24, 2.45) is 0 Å². The second-order valence-electron chi connectivity index (χ2n) is 8.38. The molecule has 0 radical (unpaired) electrons. The Bertz CT molecular complexity index is 842. The maximum absolute atomic E-state index is 10.5. The van der Waals surface area contributed by atoms with Gasteiger partial charge in [-0.15, -0.1) is 0 Å². The van der Waals surface area contributed by atoms with Crippen molar-refractivity contribution >= 4 is 17.5 Å². The molecule has 2 aliphatic rings. The van der Waals surface area contributed by atoms with Gasteiger partial charge in [0.15, 0.2) is 0 Å². The fourth-order valence-electron chi connectivity index (χ4n) is 3.65. The van der Waals surface area contributed by atoms with E-state index in [-0.39, 0.29) is 11.7 Å². The van der Waals surface area contributed by atoms with Gasteiger partial charge in [0, 0.05) is 12.7 Å². The van der Waals surface area contributed by atoms with Gasteiger partial charge in [0.05, 0.1) is 12.2 Å². The molecule has 0 atom stereocenters. The minimum atomic E-state index is -0.389. The zero-order valence-corrected chi connectivity index (χ0v) is 18.0. The molecule has 1 N–H and O–H groups in total. The van der Waals surface area contributed by atoms with E-state index in [0.717, 1.165) is 18.9 Å². The summed E-state index contributed by atoms with van der Waals surface area (Å²) in [6.07, 6.45) is 4.76. The molecule has 1 aliphatic heterocycles. The fourth-order valence-corrected chi connectivity index (χ4v) is 3.65. The van der Waals surface area contributed by atoms with Crippen molar-refractivity contribution in [1.29, 1.82) is 0 Å². The summed E-state index contributed by atoms with van der Waals surface area (Å²) in [6.45, 7) is 7.15. The van der Waals surface area contributed by atoms with Crippen LogP contribution in [-0.2, 0) is 17.6 Å². The average molecular weight is 397 g/mol. The number of fused-ring (bicyclic) bond motifs is 2. The van der Waals surface area contributed by atoms with Crippen LogP contribution >= 0.6 is 0 Å². The highest BCUT2D eigenvalue weighted by molar-refractivity contribution is 5.71. The number of nitrogens with one attached hydrogen (secondary N) is 1. The summed E-state index contributed by atoms with van der Waals surface area (Å²) >= 11 is 0. The van der Waals surface area contributed by atoms with Crippen molar-refractivity contribution in [2.45, 2.75) is 52.1 Å². The number of nitrogens with zero attached hydrogens (tertiary/aromatic N) is 1. The smallest absolute Gasteiger partial charge is 0.407 e. The molecule has 29 heavy (non-hydrogen) atoms. The van der Waals surface area contributed by atoms with Crippen molar-refractivity contribution < 1.29 is 14.3 Å². The zero-order chi connectivity index (χ0) is 20.9. The van der Waals surface area contributed by atoms with E-state index in [0.29, 0.717) is 0 Å². The fraction of sp³-hybridized carbons (Fsp3) is 0.458. The second-order valence-corrected chi connectivity index (χ2v) is 8.38. The summed E-state index contributed by atoms with van der Waals surface area (Å²) in [5, 5.41) is 2.36. The molecule has 0 spiro atoms. The lowest BCUT2D eigenvalue weighted by molar-refractivity contribution is 0.0541. The molecule has 156 valence electrons. The first kappa shape index (κ1) is 21.0. The van der Waals surface area contributed by atoms with Crippen molar-refractivity contribution in [2.75, 3.05) is 25.1 Å². The Balaban J connectivity index is 0.000000229. The van der Waals surface area contributed by atoms with Crippen LogP contribution in [0, 0.1) is 0 Å². The number of carbonyl (C=O) groups excluding carboxylic acids is 1. The Morgan fingerprint density at radius 2 is 1.79 bits per heavy atom. The highest BCUT2D eigenvalue weighted by Gasteiger charge is 2.20. The van der Waals surface area contributed by atoms with Crippen LogP contribution in [0.5, 0.6) is 5.75 Å². The Hall–Kier alpha value is -2.69. The average Bonchev–Trinajstić information content (AvgIpc) is 2.72. The lowest BCUT2D eigenvalue weighted by Crippen LogP contribution is -2.30. The van der Waals surface area contributed by atoms with Crippen LogP contribution in [0.2, 0.25) is 0 Å². The summed E-state index contributed by atoms with van der Waals surface area (Å²) < 4.78 is 10.6. The van der Waals surface area contributed by atoms with Gasteiger partial charge in [-0.05, 0) is 81.8 Å². The molecule has 0 aromatic heterocycles. The largest absolute Gasteiger partial charge is 0.490 e. The number of ether oxygens (including phenoxy) is 2. The molecule has 4 rings (SSSR count). The standard InChI is InChI=1S/C18H19NO.C6H13NO2/c1-2-6-15-13-16(10-9-14(15)5-1)19-11-12-20-18-8-4-3-7-17(18)19;1-6(2,3)9-5(8)7-4/h3-4,7-10,13H,1-2,5-6,11-12H2;1-4H3,(H,7,8). The minimum absolute atomic E-state index is 0.387. The summed E-state index contributed by atoms with van der Waals surface area (Å²) in [5.41, 5.74) is 5.19. The van der Waals surface area contributed by atoms with Gasteiger partial charge in [0.25, 0.3) is 0 Å². The van der Waals surface area contributed by atoms with Gasteiger partial charge >= 0.3 is 6.09 Å². The number of hydrogen-bond acceptors (Lipinski definition) is 4. The molecular weight excluding hydrogens is 364 g/mol. The minimum Gasteiger partial charge on any atom is -0.490 e. The Kier molecular flexibility index (Phi) is 6.68. The van der Waals surface area contributed by atoms with Gasteiger partial charge in [0.2, 0.25) is 0 Å². The summed E-state index contributed by atoms with van der Waals surface area (Å²) in [4.78, 5) is 12.9. The van der Waals surface area contributed by atoms with E-state index in [9.17, 15) is 4.79 Å². The molecule has 0 bridgehead atoms. The van der Waals surface area contributed by atoms with E-state index in [2.05, 4.69) is 46.6 Å². The van der Waals surface area contributed by atoms with Crippen molar-refractivity contribution in [3.63, 3.8) is 0 Å². The molecule has 2 aromatic carbocycles. The van der Waals surface area contributed by atoms with Crippen LogP contribution in [0.25, 0.3) is 0 Å². The number of carbonyl (C=O) groups is 1. The molecule has 0 unspecified atom stereocenters. The molecular formula is C24H32N2O3. The first-order valence-electron chi connectivity index (χ1n) is 10.4. The number of alkyl carbamates (subject to hydrolysis) is 1. The predicted octanol–water partition coefficient (Wildman–Crippen LogP) is 5.24. The molecule has 0 saturated heterocycles. The van der Waals surface area contributed by atoms with E-state index in [4.69, 9.17) is 9.47 Å². The van der Waals surface area contributed by atoms with Crippen LogP contribution in [0.1, 0.15) is 44.7 Å². The topological polar surface area (TPSA) is 50.8 Å². The maximum atomic E-state index is 10.5. The highest BCUT2D eigenvalue weighted by Crippen LogP contribution is 2.37. The normalized spacial score (nSPS) is 15.1. The molecule has 5 nitrogen and oxygen atoms in total. The molecule has 0 saturated carbocycles. The number of aryl methyl sites for hydroxylation is 2. The van der Waals surface area contributed by atoms with Crippen molar-refractivity contribution in [1.82, 2.24) is 5.32 Å². The number of anilines is 2. The van der Waals surface area contributed by atoms with Crippen molar-refractivity contribution in [3.8, 4) is 5.75 Å². The van der Waals surface area contributed by atoms with E-state index >= 15 is 0 Å². The Labute approximate surface area is 174 Å². The van der Waals surface area contributed by atoms with Crippen LogP contribution in [-0.4, -0.2) is 31.9 Å². The van der Waals surface area contributed by atoms with Crippen LogP contribution in [0.15, 0.2) is 42.5 Å². The molecule has 1 heterocycles. The number of benzene rings is 2. The number of rotatable bonds is 1. The first-order valence-corrected chi connectivity index (χ1v) is 10.4. The van der Waals surface area contributed by atoms with Gasteiger partial charge in [-0.1, -0.05) is 18.2 Å². The molecule has 2 aromatic rings. The third-order valence-electron chi connectivity index (χ3n) is 4.98. The quantitative estimate of drug-likeness (QED) is 0.716. The van der Waals surface area contributed by atoms with Gasteiger partial charge in [-0.25, -0.2) is 4.79 Å². The van der Waals surface area contributed by atoms with Crippen LogP contribution < -0.4 is 15.0 Å². The van der Waals surface area contributed by atoms with Gasteiger partial charge < -0.3 is 19.7 Å². The third-order valence-corrected chi connectivity index (χ3v) is 4.98. The highest BCUT2D eigenvalue weighted by atomic mass is 16.6.